The molecular weight excluding hydrogens is 232 g/mol. The molecule has 1 aliphatic heterocycles. The molecule has 1 aromatic rings. The van der Waals surface area contributed by atoms with Crippen LogP contribution in [0.3, 0.4) is 0 Å². The van der Waals surface area contributed by atoms with Crippen molar-refractivity contribution >= 4 is 11.6 Å². The standard InChI is InChI=1S/C13H14N2O3/c1-18-9-7-8(16)12-11(13(9)17)14-10-5-3-2-4-6-15(10)12/h7H,2-6H2,1H3. The van der Waals surface area contributed by atoms with Gasteiger partial charge in [-0.2, -0.15) is 0 Å². The van der Waals surface area contributed by atoms with Gasteiger partial charge in [0.2, 0.25) is 11.6 Å². The van der Waals surface area contributed by atoms with Crippen molar-refractivity contribution in [2.24, 2.45) is 0 Å². The molecule has 0 amide bonds. The summed E-state index contributed by atoms with van der Waals surface area (Å²) in [5.74, 6) is 0.473. The Labute approximate surface area is 104 Å². The van der Waals surface area contributed by atoms with Crippen molar-refractivity contribution in [3.05, 3.63) is 29.0 Å². The summed E-state index contributed by atoms with van der Waals surface area (Å²) in [5, 5.41) is 0. The Balaban J connectivity index is 2.15. The normalized spacial score (nSPS) is 18.8. The molecule has 0 saturated carbocycles. The van der Waals surface area contributed by atoms with E-state index < -0.39 is 0 Å². The number of imidazole rings is 1. The first-order valence-corrected chi connectivity index (χ1v) is 6.16. The Morgan fingerprint density at radius 1 is 1.28 bits per heavy atom. The summed E-state index contributed by atoms with van der Waals surface area (Å²) < 4.78 is 6.84. The Morgan fingerprint density at radius 3 is 2.89 bits per heavy atom. The number of carbonyl (C=O) groups is 2. The fourth-order valence-corrected chi connectivity index (χ4v) is 2.59. The maximum absolute atomic E-state index is 12.1. The van der Waals surface area contributed by atoms with Crippen molar-refractivity contribution in [3.8, 4) is 0 Å². The molecule has 0 radical (unpaired) electrons. The highest BCUT2D eigenvalue weighted by atomic mass is 16.5. The van der Waals surface area contributed by atoms with Crippen molar-refractivity contribution < 1.29 is 14.3 Å². The highest BCUT2D eigenvalue weighted by molar-refractivity contribution is 6.22. The van der Waals surface area contributed by atoms with E-state index in [1.165, 1.54) is 13.2 Å². The summed E-state index contributed by atoms with van der Waals surface area (Å²) in [4.78, 5) is 28.5. The van der Waals surface area contributed by atoms with Gasteiger partial charge in [0, 0.05) is 19.0 Å². The van der Waals surface area contributed by atoms with Gasteiger partial charge in [-0.15, -0.1) is 0 Å². The van der Waals surface area contributed by atoms with E-state index in [0.717, 1.165) is 38.1 Å². The predicted molar refractivity (Wildman–Crippen MR) is 63.5 cm³/mol. The topological polar surface area (TPSA) is 61.2 Å². The lowest BCUT2D eigenvalue weighted by atomic mass is 10.0. The van der Waals surface area contributed by atoms with Crippen LogP contribution >= 0.6 is 0 Å². The van der Waals surface area contributed by atoms with Crippen LogP contribution in [0.2, 0.25) is 0 Å². The van der Waals surface area contributed by atoms with Crippen molar-refractivity contribution in [3.63, 3.8) is 0 Å². The summed E-state index contributed by atoms with van der Waals surface area (Å²) in [6.45, 7) is 0.771. The molecule has 0 aromatic carbocycles. The molecule has 2 heterocycles. The van der Waals surface area contributed by atoms with E-state index in [2.05, 4.69) is 4.98 Å². The van der Waals surface area contributed by atoms with Crippen molar-refractivity contribution in [1.29, 1.82) is 0 Å². The second kappa shape index (κ2) is 4.08. The number of ketones is 2. The molecule has 3 rings (SSSR count). The fraction of sp³-hybridized carbons (Fsp3) is 0.462. The smallest absolute Gasteiger partial charge is 0.248 e. The van der Waals surface area contributed by atoms with Gasteiger partial charge in [0.1, 0.15) is 17.2 Å². The highest BCUT2D eigenvalue weighted by Gasteiger charge is 2.33. The molecule has 94 valence electrons. The number of aryl methyl sites for hydroxylation is 1. The quantitative estimate of drug-likeness (QED) is 0.753. The van der Waals surface area contributed by atoms with Gasteiger partial charge in [-0.05, 0) is 12.8 Å². The van der Waals surface area contributed by atoms with Crippen LogP contribution in [-0.4, -0.2) is 28.2 Å². The number of fused-ring (bicyclic) bond motifs is 3. The first kappa shape index (κ1) is 11.2. The van der Waals surface area contributed by atoms with Crippen LogP contribution < -0.4 is 0 Å². The third kappa shape index (κ3) is 1.50. The number of nitrogens with zero attached hydrogens (tertiary/aromatic N) is 2. The maximum atomic E-state index is 12.1. The van der Waals surface area contributed by atoms with Gasteiger partial charge in [-0.3, -0.25) is 9.59 Å². The molecule has 5 heteroatoms. The van der Waals surface area contributed by atoms with E-state index in [1.807, 2.05) is 4.57 Å². The number of allylic oxidation sites excluding steroid dienone is 2. The van der Waals surface area contributed by atoms with Gasteiger partial charge in [0.15, 0.2) is 5.76 Å². The molecule has 0 saturated heterocycles. The first-order chi connectivity index (χ1) is 8.72. The number of rotatable bonds is 1. The van der Waals surface area contributed by atoms with Gasteiger partial charge < -0.3 is 9.30 Å². The zero-order chi connectivity index (χ0) is 12.7. The molecular formula is C13H14N2O3. The highest BCUT2D eigenvalue weighted by Crippen LogP contribution is 2.25. The number of ether oxygens (including phenoxy) is 1. The molecule has 18 heavy (non-hydrogen) atoms. The minimum atomic E-state index is -0.285. The lowest BCUT2D eigenvalue weighted by Gasteiger charge is -2.12. The number of aromatic nitrogens is 2. The first-order valence-electron chi connectivity index (χ1n) is 6.16. The van der Waals surface area contributed by atoms with Crippen molar-refractivity contribution in [1.82, 2.24) is 9.55 Å². The summed E-state index contributed by atoms with van der Waals surface area (Å²) in [6, 6.07) is 0. The lowest BCUT2D eigenvalue weighted by Crippen LogP contribution is -2.20. The Hall–Kier alpha value is -1.91. The SMILES string of the molecule is COC1=CC(=O)c2c(nc3n2CCCCC3)C1=O. The van der Waals surface area contributed by atoms with Crippen LogP contribution in [0.4, 0.5) is 0 Å². The summed E-state index contributed by atoms with van der Waals surface area (Å²) >= 11 is 0. The van der Waals surface area contributed by atoms with E-state index in [9.17, 15) is 9.59 Å². The lowest BCUT2D eigenvalue weighted by molar-refractivity contribution is 0.0909. The predicted octanol–water partition coefficient (Wildman–Crippen LogP) is 1.52. The van der Waals surface area contributed by atoms with Gasteiger partial charge >= 0.3 is 0 Å². The Kier molecular flexibility index (Phi) is 2.54. The number of hydrogen-bond donors (Lipinski definition) is 0. The van der Waals surface area contributed by atoms with E-state index >= 15 is 0 Å². The third-order valence-corrected chi connectivity index (χ3v) is 3.48. The molecule has 1 aliphatic carbocycles. The van der Waals surface area contributed by atoms with Crippen molar-refractivity contribution in [2.45, 2.75) is 32.2 Å². The van der Waals surface area contributed by atoms with E-state index in [-0.39, 0.29) is 23.0 Å². The zero-order valence-electron chi connectivity index (χ0n) is 10.2. The van der Waals surface area contributed by atoms with E-state index in [4.69, 9.17) is 4.74 Å². The number of methoxy groups -OCH3 is 1. The van der Waals surface area contributed by atoms with E-state index in [0.29, 0.717) is 5.69 Å². The fourth-order valence-electron chi connectivity index (χ4n) is 2.59. The summed E-state index contributed by atoms with van der Waals surface area (Å²) in [5.41, 5.74) is 0.703. The average Bonchev–Trinajstić information content (AvgIpc) is 2.58. The molecule has 0 fully saturated rings. The van der Waals surface area contributed by atoms with Crippen molar-refractivity contribution in [2.75, 3.05) is 7.11 Å². The molecule has 2 aliphatic rings. The largest absolute Gasteiger partial charge is 0.492 e. The van der Waals surface area contributed by atoms with Crippen LogP contribution in [0.1, 0.15) is 46.1 Å². The van der Waals surface area contributed by atoms with Gasteiger partial charge in [0.25, 0.3) is 0 Å². The van der Waals surface area contributed by atoms with Gasteiger partial charge in [0.05, 0.1) is 7.11 Å². The zero-order valence-corrected chi connectivity index (χ0v) is 10.2. The van der Waals surface area contributed by atoms with Gasteiger partial charge in [-0.1, -0.05) is 6.42 Å². The number of hydrogen-bond acceptors (Lipinski definition) is 4. The maximum Gasteiger partial charge on any atom is 0.248 e. The number of carbonyl (C=O) groups excluding carboxylic acids is 2. The summed E-state index contributed by atoms with van der Waals surface area (Å²) in [7, 11) is 1.39. The number of Topliss-reactive ketones (excluding diaryl/α,β-unsaturated/α-hetero) is 1. The summed E-state index contributed by atoms with van der Waals surface area (Å²) in [6.07, 6.45) is 5.32. The van der Waals surface area contributed by atoms with Crippen LogP contribution in [0.5, 0.6) is 0 Å². The second-order valence-electron chi connectivity index (χ2n) is 4.59. The monoisotopic (exact) mass is 246 g/mol. The molecule has 0 unspecified atom stereocenters. The van der Waals surface area contributed by atoms with Crippen LogP contribution in [-0.2, 0) is 17.7 Å². The van der Waals surface area contributed by atoms with Gasteiger partial charge in [-0.25, -0.2) is 4.98 Å². The molecule has 1 aromatic heterocycles. The molecule has 0 N–H and O–H groups in total. The molecule has 0 atom stereocenters. The van der Waals surface area contributed by atoms with E-state index in [1.54, 1.807) is 0 Å². The third-order valence-electron chi connectivity index (χ3n) is 3.48. The Bertz CT molecular complexity index is 569. The van der Waals surface area contributed by atoms with Crippen LogP contribution in [0.15, 0.2) is 11.8 Å². The van der Waals surface area contributed by atoms with Crippen LogP contribution in [0.25, 0.3) is 0 Å². The average molecular weight is 246 g/mol. The van der Waals surface area contributed by atoms with Crippen LogP contribution in [0, 0.1) is 0 Å². The molecule has 5 nitrogen and oxygen atoms in total. The second-order valence-corrected chi connectivity index (χ2v) is 4.59. The minimum Gasteiger partial charge on any atom is -0.492 e. The minimum absolute atomic E-state index is 0.0840. The Morgan fingerprint density at radius 2 is 2.11 bits per heavy atom. The molecule has 0 bridgehead atoms. The molecule has 0 spiro atoms.